The zero-order valence-corrected chi connectivity index (χ0v) is 11.7. The van der Waals surface area contributed by atoms with Gasteiger partial charge in [0.15, 0.2) is 5.65 Å². The van der Waals surface area contributed by atoms with Crippen LogP contribution in [-0.4, -0.2) is 31.7 Å². The number of nitrogens with zero attached hydrogens (tertiary/aromatic N) is 4. The molecule has 1 N–H and O–H groups in total. The van der Waals surface area contributed by atoms with Crippen LogP contribution < -0.4 is 0 Å². The third kappa shape index (κ3) is 2.05. The maximum atomic E-state index is 9.05. The number of halogens is 1. The van der Waals surface area contributed by atoms with Crippen LogP contribution in [0.1, 0.15) is 5.69 Å². The van der Waals surface area contributed by atoms with Gasteiger partial charge in [-0.2, -0.15) is 5.10 Å². The molecular weight excluding hydrogens is 276 g/mol. The quantitative estimate of drug-likeness (QED) is 0.804. The average Bonchev–Trinajstić information content (AvgIpc) is 2.78. The Morgan fingerprint density at radius 3 is 2.65 bits per heavy atom. The summed E-state index contributed by atoms with van der Waals surface area (Å²) in [5, 5.41) is 23.1. The molecule has 3 aromatic rings. The molecule has 0 bridgehead atoms. The summed E-state index contributed by atoms with van der Waals surface area (Å²) in [6.07, 6.45) is 0. The van der Waals surface area contributed by atoms with Crippen molar-refractivity contribution in [1.82, 2.24) is 20.0 Å². The maximum Gasteiger partial charge on any atom is 0.182 e. The van der Waals surface area contributed by atoms with E-state index in [9.17, 15) is 0 Å². The second kappa shape index (κ2) is 5.19. The lowest BCUT2D eigenvalue weighted by Crippen LogP contribution is -2.05. The summed E-state index contributed by atoms with van der Waals surface area (Å²) in [7, 11) is 0. The first-order valence-electron chi connectivity index (χ1n) is 6.28. The summed E-state index contributed by atoms with van der Waals surface area (Å²) in [6, 6.07) is 9.68. The van der Waals surface area contributed by atoms with E-state index in [0.717, 1.165) is 16.6 Å². The van der Waals surface area contributed by atoms with E-state index in [1.807, 2.05) is 37.3 Å². The number of aliphatic hydroxyl groups excluding tert-OH is 1. The first-order chi connectivity index (χ1) is 9.72. The molecule has 0 fully saturated rings. The Morgan fingerprint density at radius 2 is 1.95 bits per heavy atom. The summed E-state index contributed by atoms with van der Waals surface area (Å²) in [5.74, 6) is 0. The van der Waals surface area contributed by atoms with E-state index in [2.05, 4.69) is 15.3 Å². The van der Waals surface area contributed by atoms with Gasteiger partial charge in [0.05, 0.1) is 29.3 Å². The Bertz CT molecular complexity index is 755. The van der Waals surface area contributed by atoms with E-state index in [-0.39, 0.29) is 6.61 Å². The molecule has 0 aliphatic rings. The lowest BCUT2D eigenvalue weighted by Gasteiger charge is -2.04. The smallest absolute Gasteiger partial charge is 0.182 e. The zero-order valence-electron chi connectivity index (χ0n) is 10.9. The Balaban J connectivity index is 2.24. The minimum atomic E-state index is -0.00401. The molecule has 2 aromatic heterocycles. The summed E-state index contributed by atoms with van der Waals surface area (Å²) in [5.41, 5.74) is 2.94. The Hall–Kier alpha value is -1.98. The number of aromatic nitrogens is 4. The van der Waals surface area contributed by atoms with Gasteiger partial charge in [-0.05, 0) is 6.92 Å². The van der Waals surface area contributed by atoms with Crippen molar-refractivity contribution in [3.63, 3.8) is 0 Å². The summed E-state index contributed by atoms with van der Waals surface area (Å²) >= 11 is 6.48. The van der Waals surface area contributed by atoms with Crippen LogP contribution in [0.5, 0.6) is 0 Å². The van der Waals surface area contributed by atoms with Crippen LogP contribution in [0, 0.1) is 6.92 Å². The molecule has 2 heterocycles. The van der Waals surface area contributed by atoms with Gasteiger partial charge in [-0.3, -0.25) is 0 Å². The van der Waals surface area contributed by atoms with Gasteiger partial charge in [-0.25, -0.2) is 4.68 Å². The fourth-order valence-electron chi connectivity index (χ4n) is 2.22. The number of aliphatic hydroxyl groups is 1. The van der Waals surface area contributed by atoms with Gasteiger partial charge in [0.2, 0.25) is 0 Å². The predicted molar refractivity (Wildman–Crippen MR) is 77.6 cm³/mol. The molecule has 102 valence electrons. The largest absolute Gasteiger partial charge is 0.394 e. The fourth-order valence-corrected chi connectivity index (χ4v) is 2.59. The van der Waals surface area contributed by atoms with Crippen molar-refractivity contribution in [2.45, 2.75) is 13.5 Å². The van der Waals surface area contributed by atoms with E-state index < -0.39 is 0 Å². The van der Waals surface area contributed by atoms with Crippen LogP contribution in [0.25, 0.3) is 22.3 Å². The van der Waals surface area contributed by atoms with Crippen LogP contribution in [0.2, 0.25) is 5.02 Å². The van der Waals surface area contributed by atoms with E-state index in [1.165, 1.54) is 0 Å². The highest BCUT2D eigenvalue weighted by molar-refractivity contribution is 6.37. The first kappa shape index (κ1) is 13.0. The fraction of sp³-hybridized carbons (Fsp3) is 0.214. The van der Waals surface area contributed by atoms with Crippen molar-refractivity contribution in [3.05, 3.63) is 41.0 Å². The molecule has 3 rings (SSSR count). The SMILES string of the molecule is Cc1nn(CCO)c2nnc(-c3ccccc3)c(Cl)c12. The molecule has 0 saturated heterocycles. The minimum Gasteiger partial charge on any atom is -0.394 e. The van der Waals surface area contributed by atoms with E-state index >= 15 is 0 Å². The molecule has 0 aliphatic heterocycles. The summed E-state index contributed by atoms with van der Waals surface area (Å²) in [4.78, 5) is 0. The van der Waals surface area contributed by atoms with Crippen molar-refractivity contribution in [2.24, 2.45) is 0 Å². The third-order valence-corrected chi connectivity index (χ3v) is 3.50. The normalized spacial score (nSPS) is 11.2. The number of hydrogen-bond acceptors (Lipinski definition) is 4. The first-order valence-corrected chi connectivity index (χ1v) is 6.65. The molecule has 0 radical (unpaired) electrons. The predicted octanol–water partition coefficient (Wildman–Crippen LogP) is 2.45. The lowest BCUT2D eigenvalue weighted by atomic mass is 10.1. The molecule has 0 spiro atoms. The van der Waals surface area contributed by atoms with Crippen molar-refractivity contribution >= 4 is 22.6 Å². The van der Waals surface area contributed by atoms with Gasteiger partial charge in [0.1, 0.15) is 5.69 Å². The van der Waals surface area contributed by atoms with Gasteiger partial charge < -0.3 is 5.11 Å². The molecule has 0 unspecified atom stereocenters. The summed E-state index contributed by atoms with van der Waals surface area (Å²) < 4.78 is 1.62. The highest BCUT2D eigenvalue weighted by atomic mass is 35.5. The number of rotatable bonds is 3. The van der Waals surface area contributed by atoms with Crippen LogP contribution in [0.4, 0.5) is 0 Å². The van der Waals surface area contributed by atoms with Crippen LogP contribution in [0.3, 0.4) is 0 Å². The average molecular weight is 289 g/mol. The second-order valence-electron chi connectivity index (χ2n) is 4.46. The van der Waals surface area contributed by atoms with Crippen molar-refractivity contribution in [3.8, 4) is 11.3 Å². The Kier molecular flexibility index (Phi) is 3.38. The lowest BCUT2D eigenvalue weighted by molar-refractivity contribution is 0.271. The number of benzene rings is 1. The number of hydrogen-bond donors (Lipinski definition) is 1. The van der Waals surface area contributed by atoms with Gasteiger partial charge in [-0.1, -0.05) is 41.9 Å². The highest BCUT2D eigenvalue weighted by Crippen LogP contribution is 2.32. The van der Waals surface area contributed by atoms with Gasteiger partial charge in [0, 0.05) is 5.56 Å². The number of fused-ring (bicyclic) bond motifs is 1. The van der Waals surface area contributed by atoms with Gasteiger partial charge in [0.25, 0.3) is 0 Å². The minimum absolute atomic E-state index is 0.00401. The maximum absolute atomic E-state index is 9.05. The summed E-state index contributed by atoms with van der Waals surface area (Å²) in [6.45, 7) is 2.24. The van der Waals surface area contributed by atoms with Crippen molar-refractivity contribution < 1.29 is 5.11 Å². The highest BCUT2D eigenvalue weighted by Gasteiger charge is 2.17. The molecule has 0 amide bonds. The van der Waals surface area contributed by atoms with E-state index in [0.29, 0.717) is 22.9 Å². The second-order valence-corrected chi connectivity index (χ2v) is 4.84. The topological polar surface area (TPSA) is 63.8 Å². The standard InChI is InChI=1S/C14H13ClN4O/c1-9-11-12(15)13(10-5-3-2-4-6-10)16-17-14(11)19(18-9)7-8-20/h2-6,20H,7-8H2,1H3. The van der Waals surface area contributed by atoms with Crippen LogP contribution in [-0.2, 0) is 6.54 Å². The number of aryl methyl sites for hydroxylation is 1. The molecule has 5 nitrogen and oxygen atoms in total. The van der Waals surface area contributed by atoms with E-state index in [4.69, 9.17) is 16.7 Å². The third-order valence-electron chi connectivity index (χ3n) is 3.13. The molecule has 20 heavy (non-hydrogen) atoms. The van der Waals surface area contributed by atoms with Crippen LogP contribution >= 0.6 is 11.6 Å². The molecule has 6 heteroatoms. The molecular formula is C14H13ClN4O. The monoisotopic (exact) mass is 288 g/mol. The van der Waals surface area contributed by atoms with E-state index in [1.54, 1.807) is 4.68 Å². The van der Waals surface area contributed by atoms with Gasteiger partial charge >= 0.3 is 0 Å². The van der Waals surface area contributed by atoms with Crippen molar-refractivity contribution in [2.75, 3.05) is 6.61 Å². The van der Waals surface area contributed by atoms with Crippen LogP contribution in [0.15, 0.2) is 30.3 Å². The van der Waals surface area contributed by atoms with Crippen molar-refractivity contribution in [1.29, 1.82) is 0 Å². The Morgan fingerprint density at radius 1 is 1.20 bits per heavy atom. The Labute approximate surface area is 120 Å². The van der Waals surface area contributed by atoms with Gasteiger partial charge in [-0.15, -0.1) is 10.2 Å². The molecule has 0 atom stereocenters. The molecule has 0 aliphatic carbocycles. The zero-order chi connectivity index (χ0) is 14.1. The molecule has 1 aromatic carbocycles. The molecule has 0 saturated carbocycles.